The van der Waals surface area contributed by atoms with E-state index < -0.39 is 40.2 Å². The number of benzene rings is 1. The van der Waals surface area contributed by atoms with Crippen LogP contribution in [0.15, 0.2) is 29.2 Å². The normalized spacial score (nSPS) is 17.6. The number of rotatable bonds is 10. The second-order valence-corrected chi connectivity index (χ2v) is 11.9. The standard InChI is InChI=1S/C26H34FN5O5S/c1-16-11-17(2)22(18(3)12-16)38(36,37)31-21(24(33)34)13-29-25(35)26(27)14-32(15-26)10-8-20-7-6-19-5-4-9-28-23(19)30-20/h6-7,11-12,21,31H,4-5,8-10,13-15H2,1-3H3,(H,28,30)(H,29,35)(H,33,34)/t21-/m0/s1. The molecule has 2 aliphatic rings. The number of likely N-dealkylation sites (tertiary alicyclic amines) is 1. The molecule has 1 fully saturated rings. The number of pyridine rings is 1. The van der Waals surface area contributed by atoms with Gasteiger partial charge >= 0.3 is 5.97 Å². The van der Waals surface area contributed by atoms with Gasteiger partial charge in [0.2, 0.25) is 15.7 Å². The number of alkyl halides is 1. The van der Waals surface area contributed by atoms with Crippen molar-refractivity contribution in [3.8, 4) is 0 Å². The van der Waals surface area contributed by atoms with Crippen LogP contribution in [0.2, 0.25) is 0 Å². The maximum Gasteiger partial charge on any atom is 0.323 e. The molecule has 2 aliphatic heterocycles. The van der Waals surface area contributed by atoms with E-state index in [1.54, 1.807) is 30.9 Å². The quantitative estimate of drug-likeness (QED) is 0.351. The van der Waals surface area contributed by atoms with Crippen molar-refractivity contribution in [2.75, 3.05) is 38.0 Å². The summed E-state index contributed by atoms with van der Waals surface area (Å²) >= 11 is 0. The lowest BCUT2D eigenvalue weighted by Crippen LogP contribution is -2.67. The molecule has 0 radical (unpaired) electrons. The van der Waals surface area contributed by atoms with Crippen molar-refractivity contribution in [3.63, 3.8) is 0 Å². The molecule has 1 aromatic carbocycles. The third-order valence-corrected chi connectivity index (χ3v) is 8.70. The van der Waals surface area contributed by atoms with Crippen LogP contribution in [0.25, 0.3) is 0 Å². The van der Waals surface area contributed by atoms with Crippen molar-refractivity contribution in [3.05, 3.63) is 52.2 Å². The Hall–Kier alpha value is -3.09. The Bertz CT molecular complexity index is 1320. The number of sulfonamides is 1. The summed E-state index contributed by atoms with van der Waals surface area (Å²) in [5.41, 5.74) is 1.73. The van der Waals surface area contributed by atoms with Crippen molar-refractivity contribution in [1.29, 1.82) is 0 Å². The second-order valence-electron chi connectivity index (χ2n) is 10.2. The minimum absolute atomic E-state index is 0.0125. The summed E-state index contributed by atoms with van der Waals surface area (Å²) in [5, 5.41) is 15.1. The predicted octanol–water partition coefficient (Wildman–Crippen LogP) is 1.48. The number of nitrogens with one attached hydrogen (secondary N) is 3. The van der Waals surface area contributed by atoms with E-state index in [2.05, 4.69) is 26.4 Å². The molecule has 4 N–H and O–H groups in total. The molecule has 0 aliphatic carbocycles. The van der Waals surface area contributed by atoms with E-state index in [1.165, 1.54) is 5.56 Å². The van der Waals surface area contributed by atoms with Crippen LogP contribution >= 0.6 is 0 Å². The summed E-state index contributed by atoms with van der Waals surface area (Å²) in [6.45, 7) is 5.65. The molecule has 0 spiro atoms. The first-order valence-corrected chi connectivity index (χ1v) is 14.1. The summed E-state index contributed by atoms with van der Waals surface area (Å²) in [5.74, 6) is -1.54. The number of anilines is 1. The molecule has 0 unspecified atom stereocenters. The molecule has 1 amide bonds. The van der Waals surface area contributed by atoms with Gasteiger partial charge in [0.05, 0.1) is 4.90 Å². The van der Waals surface area contributed by atoms with Crippen LogP contribution in [-0.4, -0.2) is 79.7 Å². The molecular weight excluding hydrogens is 513 g/mol. The minimum Gasteiger partial charge on any atom is -0.480 e. The number of carboxylic acids is 1. The number of nitrogens with zero attached hydrogens (tertiary/aromatic N) is 2. The van der Waals surface area contributed by atoms with Crippen molar-refractivity contribution >= 4 is 27.7 Å². The summed E-state index contributed by atoms with van der Waals surface area (Å²) in [7, 11) is -4.20. The molecule has 1 aromatic heterocycles. The lowest BCUT2D eigenvalue weighted by Gasteiger charge is -2.43. The number of aromatic nitrogens is 1. The predicted molar refractivity (Wildman–Crippen MR) is 140 cm³/mol. The van der Waals surface area contributed by atoms with E-state index in [1.807, 2.05) is 13.0 Å². The number of hydrogen-bond acceptors (Lipinski definition) is 7. The highest BCUT2D eigenvalue weighted by Crippen LogP contribution is 2.27. The van der Waals surface area contributed by atoms with Crippen LogP contribution in [0.3, 0.4) is 0 Å². The van der Waals surface area contributed by atoms with E-state index in [4.69, 9.17) is 0 Å². The Morgan fingerprint density at radius 3 is 2.55 bits per heavy atom. The molecule has 2 aromatic rings. The van der Waals surface area contributed by atoms with Crippen molar-refractivity contribution < 1.29 is 27.5 Å². The number of aryl methyl sites for hydroxylation is 4. The van der Waals surface area contributed by atoms with Gasteiger partial charge in [-0.25, -0.2) is 17.8 Å². The number of aliphatic carboxylic acids is 1. The lowest BCUT2D eigenvalue weighted by atomic mass is 9.94. The first-order valence-electron chi connectivity index (χ1n) is 12.6. The van der Waals surface area contributed by atoms with Gasteiger partial charge in [-0.3, -0.25) is 14.5 Å². The number of carboxylic acid groups (broad SMARTS) is 1. The Morgan fingerprint density at radius 1 is 1.21 bits per heavy atom. The third-order valence-electron chi connectivity index (χ3n) is 6.93. The molecule has 206 valence electrons. The number of carbonyl (C=O) groups is 2. The summed E-state index contributed by atoms with van der Waals surface area (Å²) in [4.78, 5) is 30.7. The first-order chi connectivity index (χ1) is 17.9. The smallest absolute Gasteiger partial charge is 0.323 e. The molecule has 0 bridgehead atoms. The fraction of sp³-hybridized carbons (Fsp3) is 0.500. The number of fused-ring (bicyclic) bond motifs is 1. The molecule has 1 saturated heterocycles. The number of amides is 1. The fourth-order valence-electron chi connectivity index (χ4n) is 5.11. The van der Waals surface area contributed by atoms with Gasteiger partial charge in [-0.2, -0.15) is 4.72 Å². The van der Waals surface area contributed by atoms with Gasteiger partial charge in [0.15, 0.2) is 0 Å². The monoisotopic (exact) mass is 547 g/mol. The zero-order valence-electron chi connectivity index (χ0n) is 21.8. The molecule has 3 heterocycles. The van der Waals surface area contributed by atoms with E-state index >= 15 is 4.39 Å². The number of hydrogen-bond donors (Lipinski definition) is 4. The highest BCUT2D eigenvalue weighted by Gasteiger charge is 2.50. The van der Waals surface area contributed by atoms with Gasteiger partial charge in [-0.15, -0.1) is 0 Å². The van der Waals surface area contributed by atoms with E-state index in [9.17, 15) is 23.1 Å². The van der Waals surface area contributed by atoms with E-state index in [0.717, 1.165) is 36.5 Å². The van der Waals surface area contributed by atoms with Gasteiger partial charge in [-0.05, 0) is 56.4 Å². The number of carbonyl (C=O) groups excluding carboxylic acids is 1. The maximum absolute atomic E-state index is 15.1. The molecule has 38 heavy (non-hydrogen) atoms. The Morgan fingerprint density at radius 2 is 1.89 bits per heavy atom. The molecule has 0 saturated carbocycles. The second kappa shape index (κ2) is 11.0. The Kier molecular flexibility index (Phi) is 8.05. The van der Waals surface area contributed by atoms with E-state index in [-0.39, 0.29) is 18.0 Å². The van der Waals surface area contributed by atoms with Gasteiger partial charge in [0, 0.05) is 44.8 Å². The zero-order valence-corrected chi connectivity index (χ0v) is 22.6. The van der Waals surface area contributed by atoms with Gasteiger partial charge in [-0.1, -0.05) is 23.8 Å². The summed E-state index contributed by atoms with van der Waals surface area (Å²) in [6, 6.07) is 5.74. The van der Waals surface area contributed by atoms with Crippen LogP contribution in [-0.2, 0) is 32.5 Å². The van der Waals surface area contributed by atoms with Gasteiger partial charge in [0.1, 0.15) is 11.9 Å². The average molecular weight is 548 g/mol. The highest BCUT2D eigenvalue weighted by molar-refractivity contribution is 7.89. The van der Waals surface area contributed by atoms with Crippen LogP contribution in [0.5, 0.6) is 0 Å². The van der Waals surface area contributed by atoms with Crippen molar-refractivity contribution in [2.24, 2.45) is 0 Å². The van der Waals surface area contributed by atoms with Crippen LogP contribution in [0.1, 0.15) is 34.4 Å². The van der Waals surface area contributed by atoms with Crippen LogP contribution in [0, 0.1) is 20.8 Å². The van der Waals surface area contributed by atoms with Gasteiger partial charge in [0.25, 0.3) is 5.91 Å². The maximum atomic E-state index is 15.1. The first kappa shape index (κ1) is 27.9. The van der Waals surface area contributed by atoms with Crippen LogP contribution in [0.4, 0.5) is 10.2 Å². The summed E-state index contributed by atoms with van der Waals surface area (Å²) < 4.78 is 43.2. The molecule has 1 atom stereocenters. The summed E-state index contributed by atoms with van der Waals surface area (Å²) in [6.07, 6.45) is 2.68. The Labute approximate surface area is 222 Å². The number of halogens is 1. The van der Waals surface area contributed by atoms with Gasteiger partial charge < -0.3 is 15.7 Å². The van der Waals surface area contributed by atoms with Crippen LogP contribution < -0.4 is 15.4 Å². The van der Waals surface area contributed by atoms with Crippen molar-refractivity contribution in [1.82, 2.24) is 19.9 Å². The largest absolute Gasteiger partial charge is 0.480 e. The lowest BCUT2D eigenvalue weighted by molar-refractivity contribution is -0.145. The average Bonchev–Trinajstić information content (AvgIpc) is 2.82. The SMILES string of the molecule is Cc1cc(C)c(S(=O)(=O)N[C@@H](CNC(=O)C2(F)CN(CCc3ccc4c(n3)NCCC4)C2)C(=O)O)c(C)c1. The topological polar surface area (TPSA) is 141 Å². The minimum atomic E-state index is -4.20. The fourth-order valence-corrected chi connectivity index (χ4v) is 6.76. The molecule has 10 nitrogen and oxygen atoms in total. The highest BCUT2D eigenvalue weighted by atomic mass is 32.2. The third kappa shape index (κ3) is 6.13. The molecule has 12 heteroatoms. The van der Waals surface area contributed by atoms with E-state index in [0.29, 0.717) is 24.1 Å². The molecule has 4 rings (SSSR count). The molecular formula is C26H34FN5O5S. The van der Waals surface area contributed by atoms with Crippen molar-refractivity contribution in [2.45, 2.75) is 56.6 Å². The zero-order chi connectivity index (χ0) is 27.7. The Balaban J connectivity index is 1.29.